The molecule has 1 rings (SSSR count). The summed E-state index contributed by atoms with van der Waals surface area (Å²) in [5, 5.41) is 9.15. The normalized spacial score (nSPS) is 21.6. The molecule has 122 valence electrons. The van der Waals surface area contributed by atoms with Crippen LogP contribution in [0, 0.1) is 11.8 Å². The Morgan fingerprint density at radius 3 is 2.38 bits per heavy atom. The minimum atomic E-state index is -0.833. The first kappa shape index (κ1) is 17.7. The molecule has 0 bridgehead atoms. The van der Waals surface area contributed by atoms with Crippen LogP contribution >= 0.6 is 0 Å². The summed E-state index contributed by atoms with van der Waals surface area (Å²) in [4.78, 5) is 27.0. The number of carboxylic acid groups (broad SMARTS) is 1. The van der Waals surface area contributed by atoms with Gasteiger partial charge in [0.1, 0.15) is 0 Å². The van der Waals surface area contributed by atoms with Crippen molar-refractivity contribution in [3.8, 4) is 0 Å². The number of amides is 2. The predicted molar refractivity (Wildman–Crippen MR) is 77.2 cm³/mol. The van der Waals surface area contributed by atoms with Crippen LogP contribution in [0.5, 0.6) is 0 Å². The molecule has 0 radical (unpaired) electrons. The fourth-order valence-electron chi connectivity index (χ4n) is 2.55. The first-order chi connectivity index (χ1) is 10.0. The smallest absolute Gasteiger partial charge is 0.320 e. The van der Waals surface area contributed by atoms with Gasteiger partial charge in [0.05, 0.1) is 12.5 Å². The van der Waals surface area contributed by atoms with Crippen LogP contribution in [0.4, 0.5) is 4.79 Å². The fourth-order valence-corrected chi connectivity index (χ4v) is 2.55. The van der Waals surface area contributed by atoms with Gasteiger partial charge < -0.3 is 24.4 Å². The first-order valence-corrected chi connectivity index (χ1v) is 7.25. The lowest BCUT2D eigenvalue weighted by atomic mass is 9.99. The number of likely N-dealkylation sites (tertiary alicyclic amines) is 1. The van der Waals surface area contributed by atoms with Crippen LogP contribution < -0.4 is 0 Å². The SMILES string of the molecule is COCCCN(CCOC)C(=O)N1CC(C)C(C(=O)O)C1. The Labute approximate surface area is 125 Å². The highest BCUT2D eigenvalue weighted by Crippen LogP contribution is 2.24. The summed E-state index contributed by atoms with van der Waals surface area (Å²) >= 11 is 0. The Bertz CT molecular complexity index is 350. The van der Waals surface area contributed by atoms with Gasteiger partial charge in [0.2, 0.25) is 0 Å². The monoisotopic (exact) mass is 302 g/mol. The van der Waals surface area contributed by atoms with Crippen molar-refractivity contribution in [1.29, 1.82) is 0 Å². The number of carbonyl (C=O) groups is 2. The van der Waals surface area contributed by atoms with Gasteiger partial charge in [0.25, 0.3) is 0 Å². The van der Waals surface area contributed by atoms with E-state index in [2.05, 4.69) is 0 Å². The Balaban J connectivity index is 2.60. The van der Waals surface area contributed by atoms with Gasteiger partial charge in [-0.2, -0.15) is 0 Å². The second kappa shape index (κ2) is 8.84. The summed E-state index contributed by atoms with van der Waals surface area (Å²) in [6, 6.07) is -0.112. The number of carboxylic acids is 1. The molecule has 2 amide bonds. The molecule has 2 unspecified atom stereocenters. The van der Waals surface area contributed by atoms with E-state index in [-0.39, 0.29) is 18.5 Å². The lowest BCUT2D eigenvalue weighted by molar-refractivity contribution is -0.142. The Morgan fingerprint density at radius 1 is 1.19 bits per heavy atom. The number of rotatable bonds is 8. The van der Waals surface area contributed by atoms with E-state index in [1.54, 1.807) is 24.0 Å². The molecule has 0 aromatic carbocycles. The molecule has 1 heterocycles. The van der Waals surface area contributed by atoms with Crippen molar-refractivity contribution >= 4 is 12.0 Å². The Hall–Kier alpha value is -1.34. The van der Waals surface area contributed by atoms with Gasteiger partial charge >= 0.3 is 12.0 Å². The number of carbonyl (C=O) groups excluding carboxylic acids is 1. The average Bonchev–Trinajstić information content (AvgIpc) is 2.84. The van der Waals surface area contributed by atoms with Crippen molar-refractivity contribution in [2.45, 2.75) is 13.3 Å². The number of ether oxygens (including phenoxy) is 2. The number of hydrogen-bond acceptors (Lipinski definition) is 4. The number of hydrogen-bond donors (Lipinski definition) is 1. The van der Waals surface area contributed by atoms with E-state index in [9.17, 15) is 9.59 Å². The summed E-state index contributed by atoms with van der Waals surface area (Å²) in [5.74, 6) is -1.33. The molecule has 0 spiro atoms. The molecule has 0 aliphatic carbocycles. The minimum absolute atomic E-state index is 0.0188. The highest BCUT2D eigenvalue weighted by Gasteiger charge is 2.38. The maximum Gasteiger partial charge on any atom is 0.320 e. The van der Waals surface area contributed by atoms with Crippen molar-refractivity contribution in [3.63, 3.8) is 0 Å². The van der Waals surface area contributed by atoms with Crippen molar-refractivity contribution in [3.05, 3.63) is 0 Å². The lowest BCUT2D eigenvalue weighted by Crippen LogP contribution is -2.44. The zero-order valence-corrected chi connectivity index (χ0v) is 13.1. The zero-order chi connectivity index (χ0) is 15.8. The topological polar surface area (TPSA) is 79.3 Å². The molecule has 7 heteroatoms. The molecule has 0 saturated carbocycles. The van der Waals surface area contributed by atoms with Crippen LogP contribution in [0.1, 0.15) is 13.3 Å². The van der Waals surface area contributed by atoms with Crippen molar-refractivity contribution in [2.24, 2.45) is 11.8 Å². The van der Waals surface area contributed by atoms with Gasteiger partial charge in [-0.15, -0.1) is 0 Å². The molecular weight excluding hydrogens is 276 g/mol. The highest BCUT2D eigenvalue weighted by atomic mass is 16.5. The molecule has 1 aliphatic heterocycles. The van der Waals surface area contributed by atoms with Crippen LogP contribution in [0.3, 0.4) is 0 Å². The highest BCUT2D eigenvalue weighted by molar-refractivity contribution is 5.77. The molecule has 21 heavy (non-hydrogen) atoms. The van der Waals surface area contributed by atoms with Crippen LogP contribution in [0.2, 0.25) is 0 Å². The number of urea groups is 1. The maximum absolute atomic E-state index is 12.5. The van der Waals surface area contributed by atoms with Gasteiger partial charge in [-0.1, -0.05) is 6.92 Å². The van der Waals surface area contributed by atoms with Crippen LogP contribution in [-0.4, -0.2) is 80.5 Å². The third-order valence-electron chi connectivity index (χ3n) is 3.81. The Kier molecular flexibility index (Phi) is 7.45. The summed E-state index contributed by atoms with van der Waals surface area (Å²) in [6.45, 7) is 4.78. The molecule has 1 saturated heterocycles. The van der Waals surface area contributed by atoms with Crippen molar-refractivity contribution in [1.82, 2.24) is 9.80 Å². The molecule has 0 aromatic heterocycles. The number of nitrogens with zero attached hydrogens (tertiary/aromatic N) is 2. The quantitative estimate of drug-likeness (QED) is 0.669. The van der Waals surface area contributed by atoms with Crippen molar-refractivity contribution in [2.75, 3.05) is 53.6 Å². The third kappa shape index (κ3) is 5.17. The van der Waals surface area contributed by atoms with Gasteiger partial charge in [0.15, 0.2) is 0 Å². The molecular formula is C14H26N2O5. The molecule has 1 aliphatic rings. The van der Waals surface area contributed by atoms with E-state index in [1.807, 2.05) is 6.92 Å². The fraction of sp³-hybridized carbons (Fsp3) is 0.857. The van der Waals surface area contributed by atoms with Crippen LogP contribution in [-0.2, 0) is 14.3 Å². The van der Waals surface area contributed by atoms with E-state index >= 15 is 0 Å². The summed E-state index contributed by atoms with van der Waals surface area (Å²) < 4.78 is 10.0. The van der Waals surface area contributed by atoms with Crippen LogP contribution in [0.15, 0.2) is 0 Å². The summed E-state index contributed by atoms with van der Waals surface area (Å²) in [5.41, 5.74) is 0. The summed E-state index contributed by atoms with van der Waals surface area (Å²) in [7, 11) is 3.22. The number of methoxy groups -OCH3 is 2. The van der Waals surface area contributed by atoms with Gasteiger partial charge in [-0.25, -0.2) is 4.79 Å². The van der Waals surface area contributed by atoms with Gasteiger partial charge in [0, 0.05) is 47.0 Å². The second-order valence-corrected chi connectivity index (χ2v) is 5.44. The molecule has 7 nitrogen and oxygen atoms in total. The van der Waals surface area contributed by atoms with Crippen molar-refractivity contribution < 1.29 is 24.2 Å². The first-order valence-electron chi connectivity index (χ1n) is 7.25. The van der Waals surface area contributed by atoms with Gasteiger partial charge in [-0.05, 0) is 12.3 Å². The molecule has 0 aromatic rings. The zero-order valence-electron chi connectivity index (χ0n) is 13.1. The average molecular weight is 302 g/mol. The van der Waals surface area contributed by atoms with E-state index in [4.69, 9.17) is 14.6 Å². The number of aliphatic carboxylic acids is 1. The Morgan fingerprint density at radius 2 is 1.86 bits per heavy atom. The van der Waals surface area contributed by atoms with E-state index in [0.29, 0.717) is 32.8 Å². The maximum atomic E-state index is 12.5. The molecule has 1 N–H and O–H groups in total. The van der Waals surface area contributed by atoms with Crippen LogP contribution in [0.25, 0.3) is 0 Å². The largest absolute Gasteiger partial charge is 0.481 e. The lowest BCUT2D eigenvalue weighted by Gasteiger charge is -2.28. The van der Waals surface area contributed by atoms with E-state index < -0.39 is 11.9 Å². The van der Waals surface area contributed by atoms with E-state index in [1.165, 1.54) is 0 Å². The third-order valence-corrected chi connectivity index (χ3v) is 3.81. The van der Waals surface area contributed by atoms with E-state index in [0.717, 1.165) is 6.42 Å². The minimum Gasteiger partial charge on any atom is -0.481 e. The molecule has 2 atom stereocenters. The van der Waals surface area contributed by atoms with Gasteiger partial charge in [-0.3, -0.25) is 4.79 Å². The second-order valence-electron chi connectivity index (χ2n) is 5.44. The molecule has 1 fully saturated rings. The predicted octanol–water partition coefficient (Wildman–Crippen LogP) is 0.744. The standard InChI is InChI=1S/C14H26N2O5/c1-11-9-16(10-12(11)13(17)18)14(19)15(6-8-21-3)5-4-7-20-2/h11-12H,4-10H2,1-3H3,(H,17,18). The summed E-state index contributed by atoms with van der Waals surface area (Å²) in [6.07, 6.45) is 0.748.